The van der Waals surface area contributed by atoms with Crippen LogP contribution in [-0.4, -0.2) is 31.7 Å². The average molecular weight is 391 g/mol. The Morgan fingerprint density at radius 2 is 1.96 bits per heavy atom. The molecule has 0 fully saturated rings. The summed E-state index contributed by atoms with van der Waals surface area (Å²) < 4.78 is 2.08. The molecule has 0 radical (unpaired) electrons. The summed E-state index contributed by atoms with van der Waals surface area (Å²) in [6.07, 6.45) is 6.15. The number of pyridine rings is 1. The van der Waals surface area contributed by atoms with E-state index in [1.54, 1.807) is 19.2 Å². The lowest BCUT2D eigenvalue weighted by atomic mass is 9.68. The van der Waals surface area contributed by atoms with Gasteiger partial charge in [-0.05, 0) is 39.3 Å². The number of hydrogen-bond donors (Lipinski definition) is 2. The van der Waals surface area contributed by atoms with Gasteiger partial charge in [0.15, 0.2) is 0 Å². The van der Waals surface area contributed by atoms with Gasteiger partial charge in [0.2, 0.25) is 0 Å². The first kappa shape index (κ1) is 20.7. The van der Waals surface area contributed by atoms with Crippen molar-refractivity contribution in [3.8, 4) is 0 Å². The van der Waals surface area contributed by atoms with Gasteiger partial charge < -0.3 is 14.8 Å². The van der Waals surface area contributed by atoms with Crippen LogP contribution < -0.4 is 0 Å². The molecule has 2 heterocycles. The highest BCUT2D eigenvalue weighted by Gasteiger charge is 2.47. The minimum absolute atomic E-state index is 0. The van der Waals surface area contributed by atoms with Crippen LogP contribution in [0.3, 0.4) is 0 Å². The molecule has 27 heavy (non-hydrogen) atoms. The van der Waals surface area contributed by atoms with E-state index in [0.717, 1.165) is 22.2 Å². The molecule has 144 valence electrons. The van der Waals surface area contributed by atoms with E-state index in [-0.39, 0.29) is 18.0 Å². The molecule has 2 N–H and O–H groups in total. The van der Waals surface area contributed by atoms with Crippen molar-refractivity contribution in [3.63, 3.8) is 0 Å². The van der Waals surface area contributed by atoms with E-state index in [4.69, 9.17) is 0 Å². The first-order valence-electron chi connectivity index (χ1n) is 8.54. The molecule has 1 aliphatic carbocycles. The first-order chi connectivity index (χ1) is 12.2. The van der Waals surface area contributed by atoms with Crippen molar-refractivity contribution in [1.82, 2.24) is 9.55 Å². The molecular weight excluding hydrogens is 368 g/mol. The number of rotatable bonds is 4. The van der Waals surface area contributed by atoms with Crippen LogP contribution in [0.5, 0.6) is 0 Å². The zero-order valence-corrected chi connectivity index (χ0v) is 16.5. The highest BCUT2D eigenvalue weighted by molar-refractivity contribution is 5.96. The predicted octanol–water partition coefficient (Wildman–Crippen LogP) is 3.85. The van der Waals surface area contributed by atoms with Crippen molar-refractivity contribution in [2.75, 3.05) is 0 Å². The second-order valence-corrected chi connectivity index (χ2v) is 6.85. The predicted molar refractivity (Wildman–Crippen MR) is 105 cm³/mol. The fraction of sp³-hybridized carbons (Fsp3) is 0.350. The van der Waals surface area contributed by atoms with Gasteiger partial charge in [-0.1, -0.05) is 18.2 Å². The lowest BCUT2D eigenvalue weighted by molar-refractivity contribution is -0.146. The van der Waals surface area contributed by atoms with Gasteiger partial charge in [0.05, 0.1) is 22.5 Å². The summed E-state index contributed by atoms with van der Waals surface area (Å²) in [4.78, 5) is 28.4. The maximum absolute atomic E-state index is 12.1. The molecule has 2 unspecified atom stereocenters. The lowest BCUT2D eigenvalue weighted by Crippen LogP contribution is -2.37. The molecule has 0 aliphatic heterocycles. The molecule has 0 aromatic carbocycles. The molecule has 7 heteroatoms. The molecule has 2 aromatic heterocycles. The van der Waals surface area contributed by atoms with Crippen LogP contribution in [0.15, 0.2) is 36.1 Å². The van der Waals surface area contributed by atoms with Crippen molar-refractivity contribution >= 4 is 35.2 Å². The third kappa shape index (κ3) is 2.94. The summed E-state index contributed by atoms with van der Waals surface area (Å²) in [7, 11) is 0. The van der Waals surface area contributed by atoms with Crippen molar-refractivity contribution in [2.45, 2.75) is 40.2 Å². The SMILES string of the molecule is CCn1c(C)c(C)c2ccnc(C3C(C(=O)O)=CC=CC3(C)C(=O)O)c21.Cl. The van der Waals surface area contributed by atoms with Crippen molar-refractivity contribution in [1.29, 1.82) is 0 Å². The highest BCUT2D eigenvalue weighted by atomic mass is 35.5. The number of aromatic nitrogens is 2. The maximum atomic E-state index is 12.1. The quantitative estimate of drug-likeness (QED) is 0.827. The van der Waals surface area contributed by atoms with Crippen molar-refractivity contribution in [2.24, 2.45) is 5.41 Å². The van der Waals surface area contributed by atoms with Gasteiger partial charge in [-0.3, -0.25) is 9.78 Å². The minimum atomic E-state index is -1.39. The second kappa shape index (κ2) is 7.19. The zero-order valence-electron chi connectivity index (χ0n) is 15.7. The van der Waals surface area contributed by atoms with E-state index >= 15 is 0 Å². The van der Waals surface area contributed by atoms with Crippen LogP contribution in [-0.2, 0) is 16.1 Å². The van der Waals surface area contributed by atoms with E-state index in [2.05, 4.69) is 9.55 Å². The normalized spacial score (nSPS) is 21.6. The number of aryl methyl sites for hydroxylation is 2. The van der Waals surface area contributed by atoms with Gasteiger partial charge in [0, 0.05) is 29.4 Å². The molecule has 2 atom stereocenters. The number of carboxylic acid groups (broad SMARTS) is 2. The molecular formula is C20H23ClN2O4. The summed E-state index contributed by atoms with van der Waals surface area (Å²) >= 11 is 0. The van der Waals surface area contributed by atoms with Crippen molar-refractivity contribution in [3.05, 3.63) is 53.0 Å². The van der Waals surface area contributed by atoms with Crippen LogP contribution in [0.2, 0.25) is 0 Å². The van der Waals surface area contributed by atoms with Gasteiger partial charge in [-0.2, -0.15) is 0 Å². The number of carbonyl (C=O) groups is 2. The van der Waals surface area contributed by atoms with Gasteiger partial charge >= 0.3 is 11.9 Å². The van der Waals surface area contributed by atoms with Crippen molar-refractivity contribution < 1.29 is 19.8 Å². The summed E-state index contributed by atoms with van der Waals surface area (Å²) in [6.45, 7) is 8.26. The number of halogens is 1. The molecule has 1 aliphatic rings. The Hall–Kier alpha value is -2.60. The Balaban J connectivity index is 0.00000261. The Kier molecular flexibility index (Phi) is 5.52. The van der Waals surface area contributed by atoms with Crippen LogP contribution in [0, 0.1) is 19.3 Å². The third-order valence-corrected chi connectivity index (χ3v) is 5.50. The molecule has 0 amide bonds. The summed E-state index contributed by atoms with van der Waals surface area (Å²) in [5.41, 5.74) is 2.11. The average Bonchev–Trinajstić information content (AvgIpc) is 2.85. The Morgan fingerprint density at radius 1 is 1.30 bits per heavy atom. The largest absolute Gasteiger partial charge is 0.481 e. The highest BCUT2D eigenvalue weighted by Crippen LogP contribution is 2.47. The maximum Gasteiger partial charge on any atom is 0.332 e. The standard InChI is InChI=1S/C20H22N2O4.ClH/c1-5-22-12(3)11(2)13-8-10-21-16(17(13)22)15-14(18(23)24)7-6-9-20(15,4)19(25)26;/h6-10,15H,5H2,1-4H3,(H,23,24)(H,25,26);1H. The zero-order chi connectivity index (χ0) is 19.2. The Bertz CT molecular complexity index is 990. The fourth-order valence-corrected chi connectivity index (χ4v) is 3.92. The minimum Gasteiger partial charge on any atom is -0.481 e. The molecule has 0 saturated heterocycles. The van der Waals surface area contributed by atoms with Crippen LogP contribution in [0.4, 0.5) is 0 Å². The van der Waals surface area contributed by atoms with E-state index in [1.807, 2.05) is 26.8 Å². The topological polar surface area (TPSA) is 92.4 Å². The van der Waals surface area contributed by atoms with Gasteiger partial charge in [0.25, 0.3) is 0 Å². The molecule has 3 rings (SSSR count). The number of carboxylic acids is 2. The Labute approximate surface area is 163 Å². The summed E-state index contributed by atoms with van der Waals surface area (Å²) in [5.74, 6) is -3.09. The van der Waals surface area contributed by atoms with Crippen LogP contribution >= 0.6 is 12.4 Å². The van der Waals surface area contributed by atoms with E-state index < -0.39 is 23.3 Å². The number of hydrogen-bond acceptors (Lipinski definition) is 3. The molecule has 2 aromatic rings. The molecule has 0 saturated carbocycles. The number of fused-ring (bicyclic) bond motifs is 1. The summed E-state index contributed by atoms with van der Waals surface area (Å²) in [5, 5.41) is 20.6. The van der Waals surface area contributed by atoms with E-state index in [9.17, 15) is 19.8 Å². The van der Waals surface area contributed by atoms with Gasteiger partial charge in [-0.15, -0.1) is 12.4 Å². The monoisotopic (exact) mass is 390 g/mol. The van der Waals surface area contributed by atoms with E-state index in [0.29, 0.717) is 12.2 Å². The number of nitrogens with zero attached hydrogens (tertiary/aromatic N) is 2. The van der Waals surface area contributed by atoms with Gasteiger partial charge in [-0.25, -0.2) is 4.79 Å². The number of aliphatic carboxylic acids is 2. The Morgan fingerprint density at radius 3 is 2.52 bits per heavy atom. The van der Waals surface area contributed by atoms with E-state index in [1.165, 1.54) is 12.2 Å². The van der Waals surface area contributed by atoms with Gasteiger partial charge in [0.1, 0.15) is 0 Å². The second-order valence-electron chi connectivity index (χ2n) is 6.85. The molecule has 0 spiro atoms. The van der Waals surface area contributed by atoms with Crippen LogP contribution in [0.1, 0.15) is 36.7 Å². The molecule has 0 bridgehead atoms. The number of allylic oxidation sites excluding steroid dienone is 2. The first-order valence-corrected chi connectivity index (χ1v) is 8.54. The fourth-order valence-electron chi connectivity index (χ4n) is 3.92. The lowest BCUT2D eigenvalue weighted by Gasteiger charge is -2.34. The summed E-state index contributed by atoms with van der Waals surface area (Å²) in [6, 6.07) is 1.90. The smallest absolute Gasteiger partial charge is 0.332 e. The third-order valence-electron chi connectivity index (χ3n) is 5.50. The molecule has 6 nitrogen and oxygen atoms in total. The van der Waals surface area contributed by atoms with Crippen LogP contribution in [0.25, 0.3) is 10.9 Å².